The summed E-state index contributed by atoms with van der Waals surface area (Å²) >= 11 is 0. The van der Waals surface area contributed by atoms with Crippen LogP contribution >= 0.6 is 0 Å². The maximum atomic E-state index is 13.9. The van der Waals surface area contributed by atoms with Crippen LogP contribution in [0.3, 0.4) is 0 Å². The van der Waals surface area contributed by atoms with Crippen LogP contribution in [0.15, 0.2) is 42.5 Å². The van der Waals surface area contributed by atoms with Crippen molar-refractivity contribution < 1.29 is 13.9 Å². The van der Waals surface area contributed by atoms with Gasteiger partial charge in [-0.15, -0.1) is 0 Å². The lowest BCUT2D eigenvalue weighted by molar-refractivity contribution is 0.0929. The molecule has 6 heteroatoms. The van der Waals surface area contributed by atoms with Crippen molar-refractivity contribution in [1.82, 2.24) is 16.0 Å². The summed E-state index contributed by atoms with van der Waals surface area (Å²) < 4.78 is 19.1. The Labute approximate surface area is 190 Å². The third kappa shape index (κ3) is 5.67. The highest BCUT2D eigenvalue weighted by atomic mass is 19.1. The van der Waals surface area contributed by atoms with E-state index in [4.69, 9.17) is 4.74 Å². The minimum atomic E-state index is -0.276. The van der Waals surface area contributed by atoms with E-state index in [0.29, 0.717) is 17.7 Å². The van der Waals surface area contributed by atoms with E-state index >= 15 is 0 Å². The molecular weight excluding hydrogens is 405 g/mol. The molecule has 2 aromatic carbocycles. The van der Waals surface area contributed by atoms with Crippen molar-refractivity contribution in [3.05, 3.63) is 65.0 Å². The molecule has 0 spiro atoms. The van der Waals surface area contributed by atoms with E-state index in [1.165, 1.54) is 11.6 Å². The SMILES string of the molecule is COc1cc(F)cc([C@@H](C)N[C@H]2CCC(c3ccc(C(=O)NC4CCNCC4)cc3)C2)c1. The smallest absolute Gasteiger partial charge is 0.251 e. The van der Waals surface area contributed by atoms with Crippen molar-refractivity contribution in [1.29, 1.82) is 0 Å². The lowest BCUT2D eigenvalue weighted by Gasteiger charge is -2.23. The molecule has 2 fully saturated rings. The lowest BCUT2D eigenvalue weighted by Crippen LogP contribution is -2.42. The molecule has 5 nitrogen and oxygen atoms in total. The summed E-state index contributed by atoms with van der Waals surface area (Å²) in [4.78, 5) is 12.5. The van der Waals surface area contributed by atoms with E-state index < -0.39 is 0 Å². The predicted molar refractivity (Wildman–Crippen MR) is 125 cm³/mol. The maximum Gasteiger partial charge on any atom is 0.251 e. The molecule has 1 saturated heterocycles. The molecule has 172 valence electrons. The fourth-order valence-corrected chi connectivity index (χ4v) is 4.98. The molecule has 1 heterocycles. The van der Waals surface area contributed by atoms with E-state index in [2.05, 4.69) is 35.0 Å². The van der Waals surface area contributed by atoms with E-state index in [1.54, 1.807) is 13.2 Å². The molecule has 1 amide bonds. The molecule has 2 aromatic rings. The molecule has 0 aromatic heterocycles. The number of amides is 1. The largest absolute Gasteiger partial charge is 0.497 e. The van der Waals surface area contributed by atoms with E-state index in [9.17, 15) is 9.18 Å². The number of carbonyl (C=O) groups excluding carboxylic acids is 1. The maximum absolute atomic E-state index is 13.9. The standard InChI is InChI=1S/C26H34FN3O2/c1-17(21-13-22(27)16-25(15-21)32-2)29-24-8-7-20(14-24)18-3-5-19(6-4-18)26(31)30-23-9-11-28-12-10-23/h3-6,13,15-17,20,23-24,28-29H,7-12,14H2,1-2H3,(H,30,31)/t17-,20?,24+/m1/s1. The molecule has 1 unspecified atom stereocenters. The molecule has 1 saturated carbocycles. The van der Waals surface area contributed by atoms with Crippen LogP contribution in [0.2, 0.25) is 0 Å². The molecular formula is C26H34FN3O2. The highest BCUT2D eigenvalue weighted by Crippen LogP contribution is 2.36. The van der Waals surface area contributed by atoms with Crippen molar-refractivity contribution in [3.8, 4) is 5.75 Å². The second-order valence-corrected chi connectivity index (χ2v) is 9.14. The number of methoxy groups -OCH3 is 1. The Kier molecular flexibility index (Phi) is 7.43. The third-order valence-electron chi connectivity index (χ3n) is 6.87. The minimum absolute atomic E-state index is 0.0220. The molecule has 2 aliphatic rings. The average molecular weight is 440 g/mol. The zero-order valence-electron chi connectivity index (χ0n) is 19.0. The number of ether oxygens (including phenoxy) is 1. The summed E-state index contributed by atoms with van der Waals surface area (Å²) in [7, 11) is 1.56. The quantitative estimate of drug-likeness (QED) is 0.602. The summed E-state index contributed by atoms with van der Waals surface area (Å²) in [5.41, 5.74) is 2.91. The van der Waals surface area contributed by atoms with Crippen molar-refractivity contribution in [2.24, 2.45) is 0 Å². The molecule has 1 aliphatic carbocycles. The second-order valence-electron chi connectivity index (χ2n) is 9.14. The first-order valence-electron chi connectivity index (χ1n) is 11.7. The van der Waals surface area contributed by atoms with Crippen LogP contribution in [-0.2, 0) is 0 Å². The summed E-state index contributed by atoms with van der Waals surface area (Å²) in [5, 5.41) is 10.1. The van der Waals surface area contributed by atoms with Gasteiger partial charge >= 0.3 is 0 Å². The van der Waals surface area contributed by atoms with Gasteiger partial charge in [-0.3, -0.25) is 4.79 Å². The Morgan fingerprint density at radius 1 is 1.06 bits per heavy atom. The highest BCUT2D eigenvalue weighted by molar-refractivity contribution is 5.94. The van der Waals surface area contributed by atoms with Crippen LogP contribution in [0.1, 0.15) is 72.5 Å². The van der Waals surface area contributed by atoms with Crippen molar-refractivity contribution >= 4 is 5.91 Å². The van der Waals surface area contributed by atoms with Crippen LogP contribution in [0, 0.1) is 5.82 Å². The minimum Gasteiger partial charge on any atom is -0.497 e. The van der Waals surface area contributed by atoms with Gasteiger partial charge in [0, 0.05) is 29.8 Å². The first kappa shape index (κ1) is 22.7. The predicted octanol–water partition coefficient (Wildman–Crippen LogP) is 4.30. The number of nitrogens with one attached hydrogen (secondary N) is 3. The van der Waals surface area contributed by atoms with Crippen LogP contribution in [0.4, 0.5) is 4.39 Å². The molecule has 4 rings (SSSR count). The number of hydrogen-bond acceptors (Lipinski definition) is 4. The molecule has 32 heavy (non-hydrogen) atoms. The Morgan fingerprint density at radius 3 is 2.53 bits per heavy atom. The van der Waals surface area contributed by atoms with Gasteiger partial charge in [-0.1, -0.05) is 12.1 Å². The fourth-order valence-electron chi connectivity index (χ4n) is 4.98. The Bertz CT molecular complexity index is 912. The number of carbonyl (C=O) groups is 1. The summed E-state index contributed by atoms with van der Waals surface area (Å²) in [6, 6.07) is 13.7. The topological polar surface area (TPSA) is 62.4 Å². The summed E-state index contributed by atoms with van der Waals surface area (Å²) in [5.74, 6) is 0.765. The van der Waals surface area contributed by atoms with Crippen LogP contribution < -0.4 is 20.7 Å². The Morgan fingerprint density at radius 2 is 1.81 bits per heavy atom. The van der Waals surface area contributed by atoms with Crippen LogP contribution in [0.25, 0.3) is 0 Å². The van der Waals surface area contributed by atoms with Gasteiger partial charge < -0.3 is 20.7 Å². The molecule has 3 N–H and O–H groups in total. The van der Waals surface area contributed by atoms with E-state index in [-0.39, 0.29) is 23.8 Å². The van der Waals surface area contributed by atoms with Gasteiger partial charge in [-0.25, -0.2) is 4.39 Å². The normalized spacial score (nSPS) is 22.5. The van der Waals surface area contributed by atoms with E-state index in [1.807, 2.05) is 18.2 Å². The molecule has 1 aliphatic heterocycles. The lowest BCUT2D eigenvalue weighted by atomic mass is 9.96. The van der Waals surface area contributed by atoms with Gasteiger partial charge in [-0.05, 0) is 93.4 Å². The van der Waals surface area contributed by atoms with Gasteiger partial charge in [0.1, 0.15) is 11.6 Å². The molecule has 0 radical (unpaired) electrons. The van der Waals surface area contributed by atoms with Crippen molar-refractivity contribution in [3.63, 3.8) is 0 Å². The average Bonchev–Trinajstić information content (AvgIpc) is 3.27. The molecule has 3 atom stereocenters. The number of benzene rings is 2. The van der Waals surface area contributed by atoms with Crippen LogP contribution in [0.5, 0.6) is 5.75 Å². The highest BCUT2D eigenvalue weighted by Gasteiger charge is 2.27. The van der Waals surface area contributed by atoms with E-state index in [0.717, 1.165) is 56.3 Å². The number of halogens is 1. The second kappa shape index (κ2) is 10.5. The molecule has 0 bridgehead atoms. The zero-order valence-corrected chi connectivity index (χ0v) is 19.0. The summed E-state index contributed by atoms with van der Waals surface area (Å²) in [6.07, 6.45) is 5.20. The Hall–Kier alpha value is -2.44. The Balaban J connectivity index is 1.31. The number of rotatable bonds is 7. The number of hydrogen-bond donors (Lipinski definition) is 3. The van der Waals surface area contributed by atoms with Crippen molar-refractivity contribution in [2.75, 3.05) is 20.2 Å². The number of piperidine rings is 1. The van der Waals surface area contributed by atoms with Gasteiger partial charge in [0.05, 0.1) is 7.11 Å². The third-order valence-corrected chi connectivity index (χ3v) is 6.87. The summed E-state index contributed by atoms with van der Waals surface area (Å²) in [6.45, 7) is 4.00. The van der Waals surface area contributed by atoms with Crippen molar-refractivity contribution in [2.45, 2.75) is 63.1 Å². The van der Waals surface area contributed by atoms with Gasteiger partial charge in [0.25, 0.3) is 5.91 Å². The van der Waals surface area contributed by atoms with Gasteiger partial charge in [0.15, 0.2) is 0 Å². The fraction of sp³-hybridized carbons (Fsp3) is 0.500. The van der Waals surface area contributed by atoms with Gasteiger partial charge in [0.2, 0.25) is 0 Å². The van der Waals surface area contributed by atoms with Crippen LogP contribution in [-0.4, -0.2) is 38.2 Å². The zero-order chi connectivity index (χ0) is 22.5. The first-order valence-corrected chi connectivity index (χ1v) is 11.7. The first-order chi connectivity index (χ1) is 15.5. The van der Waals surface area contributed by atoms with Gasteiger partial charge in [-0.2, -0.15) is 0 Å². The monoisotopic (exact) mass is 439 g/mol.